The van der Waals surface area contributed by atoms with Gasteiger partial charge in [-0.05, 0) is 43.9 Å². The lowest BCUT2D eigenvalue weighted by Gasteiger charge is -2.37. The largest absolute Gasteiger partial charge is 0.314 e. The predicted octanol–water partition coefficient (Wildman–Crippen LogP) is 3.22. The summed E-state index contributed by atoms with van der Waals surface area (Å²) in [6.45, 7) is 15.2. The Morgan fingerprint density at radius 1 is 1.26 bits per heavy atom. The SMILES string of the molecule is C=C(C)C[C@@H](c1c(C)cccc1C)N1CCNCC1. The van der Waals surface area contributed by atoms with Crippen molar-refractivity contribution in [3.05, 3.63) is 47.0 Å². The Balaban J connectivity index is 2.33. The highest BCUT2D eigenvalue weighted by Gasteiger charge is 2.24. The standard InChI is InChI=1S/C17H26N2/c1-13(2)12-16(19-10-8-18-9-11-19)17-14(3)6-5-7-15(17)4/h5-7,16,18H,1,8-12H2,2-4H3/t16-/m0/s1. The molecule has 0 radical (unpaired) electrons. The molecule has 19 heavy (non-hydrogen) atoms. The van der Waals surface area contributed by atoms with Gasteiger partial charge in [-0.25, -0.2) is 0 Å². The van der Waals surface area contributed by atoms with Gasteiger partial charge in [0.15, 0.2) is 0 Å². The van der Waals surface area contributed by atoms with Gasteiger partial charge in [-0.3, -0.25) is 4.90 Å². The number of benzene rings is 1. The first-order valence-corrected chi connectivity index (χ1v) is 7.25. The van der Waals surface area contributed by atoms with Crippen LogP contribution in [0, 0.1) is 13.8 Å². The van der Waals surface area contributed by atoms with Gasteiger partial charge in [0.1, 0.15) is 0 Å². The Bertz CT molecular complexity index is 424. The Morgan fingerprint density at radius 2 is 1.84 bits per heavy atom. The maximum absolute atomic E-state index is 4.13. The molecule has 1 saturated heterocycles. The van der Waals surface area contributed by atoms with Crippen LogP contribution in [0.1, 0.15) is 36.1 Å². The lowest BCUT2D eigenvalue weighted by molar-refractivity contribution is 0.171. The van der Waals surface area contributed by atoms with Crippen molar-refractivity contribution in [1.82, 2.24) is 10.2 Å². The van der Waals surface area contributed by atoms with Crippen molar-refractivity contribution >= 4 is 0 Å². The minimum atomic E-state index is 0.487. The molecular weight excluding hydrogens is 232 g/mol. The number of hydrogen-bond donors (Lipinski definition) is 1. The molecule has 1 fully saturated rings. The summed E-state index contributed by atoms with van der Waals surface area (Å²) in [5.41, 5.74) is 5.59. The molecule has 0 spiro atoms. The van der Waals surface area contributed by atoms with Crippen molar-refractivity contribution in [3.63, 3.8) is 0 Å². The molecule has 0 bridgehead atoms. The first kappa shape index (κ1) is 14.3. The molecule has 0 aliphatic carbocycles. The van der Waals surface area contributed by atoms with Crippen LogP contribution in [0.15, 0.2) is 30.4 Å². The van der Waals surface area contributed by atoms with Crippen LogP contribution in [-0.4, -0.2) is 31.1 Å². The summed E-state index contributed by atoms with van der Waals surface area (Å²) in [5.74, 6) is 0. The monoisotopic (exact) mass is 258 g/mol. The number of piperazine rings is 1. The van der Waals surface area contributed by atoms with Crippen LogP contribution < -0.4 is 5.32 Å². The van der Waals surface area contributed by atoms with E-state index in [1.807, 2.05) is 0 Å². The average molecular weight is 258 g/mol. The summed E-state index contributed by atoms with van der Waals surface area (Å²) in [7, 11) is 0. The van der Waals surface area contributed by atoms with Crippen molar-refractivity contribution in [2.24, 2.45) is 0 Å². The third-order valence-electron chi connectivity index (χ3n) is 4.01. The van der Waals surface area contributed by atoms with Crippen molar-refractivity contribution in [3.8, 4) is 0 Å². The highest BCUT2D eigenvalue weighted by atomic mass is 15.2. The number of nitrogens with zero attached hydrogens (tertiary/aromatic N) is 1. The Morgan fingerprint density at radius 3 is 2.37 bits per heavy atom. The molecular formula is C17H26N2. The van der Waals surface area contributed by atoms with E-state index in [9.17, 15) is 0 Å². The van der Waals surface area contributed by atoms with E-state index in [-0.39, 0.29) is 0 Å². The third-order valence-corrected chi connectivity index (χ3v) is 4.01. The molecule has 1 atom stereocenters. The number of rotatable bonds is 4. The molecule has 0 aromatic heterocycles. The highest BCUT2D eigenvalue weighted by Crippen LogP contribution is 2.32. The quantitative estimate of drug-likeness (QED) is 0.834. The topological polar surface area (TPSA) is 15.3 Å². The van der Waals surface area contributed by atoms with Crippen molar-refractivity contribution in [2.45, 2.75) is 33.2 Å². The van der Waals surface area contributed by atoms with Crippen LogP contribution in [0.25, 0.3) is 0 Å². The van der Waals surface area contributed by atoms with Gasteiger partial charge < -0.3 is 5.32 Å². The molecule has 1 aromatic rings. The number of aryl methyl sites for hydroxylation is 2. The first-order valence-electron chi connectivity index (χ1n) is 7.25. The molecule has 0 unspecified atom stereocenters. The summed E-state index contributed by atoms with van der Waals surface area (Å²) in [4.78, 5) is 2.61. The lowest BCUT2D eigenvalue weighted by atomic mass is 9.91. The van der Waals surface area contributed by atoms with E-state index >= 15 is 0 Å². The molecule has 1 aromatic carbocycles. The minimum Gasteiger partial charge on any atom is -0.314 e. The average Bonchev–Trinajstić information content (AvgIpc) is 2.38. The number of hydrogen-bond acceptors (Lipinski definition) is 2. The van der Waals surface area contributed by atoms with E-state index < -0.39 is 0 Å². The molecule has 2 nitrogen and oxygen atoms in total. The molecule has 1 N–H and O–H groups in total. The van der Waals surface area contributed by atoms with E-state index in [0.29, 0.717) is 6.04 Å². The second-order valence-corrected chi connectivity index (χ2v) is 5.77. The van der Waals surface area contributed by atoms with Crippen LogP contribution in [0.4, 0.5) is 0 Å². The van der Waals surface area contributed by atoms with E-state index in [2.05, 4.69) is 55.8 Å². The predicted molar refractivity (Wildman–Crippen MR) is 82.5 cm³/mol. The van der Waals surface area contributed by atoms with E-state index in [0.717, 1.165) is 32.6 Å². The van der Waals surface area contributed by atoms with Gasteiger partial charge in [-0.2, -0.15) is 0 Å². The van der Waals surface area contributed by atoms with Gasteiger partial charge in [-0.15, -0.1) is 6.58 Å². The summed E-state index contributed by atoms with van der Waals surface area (Å²) < 4.78 is 0. The second-order valence-electron chi connectivity index (χ2n) is 5.77. The fraction of sp³-hybridized carbons (Fsp3) is 0.529. The van der Waals surface area contributed by atoms with Gasteiger partial charge in [0.2, 0.25) is 0 Å². The van der Waals surface area contributed by atoms with Crippen LogP contribution in [0.3, 0.4) is 0 Å². The van der Waals surface area contributed by atoms with Crippen LogP contribution in [0.2, 0.25) is 0 Å². The molecule has 1 heterocycles. The summed E-state index contributed by atoms with van der Waals surface area (Å²) in [6, 6.07) is 7.11. The molecule has 2 heteroatoms. The van der Waals surface area contributed by atoms with Crippen LogP contribution in [-0.2, 0) is 0 Å². The van der Waals surface area contributed by atoms with Crippen molar-refractivity contribution in [1.29, 1.82) is 0 Å². The van der Waals surface area contributed by atoms with Gasteiger partial charge in [-0.1, -0.05) is 23.8 Å². The van der Waals surface area contributed by atoms with Gasteiger partial charge in [0.25, 0.3) is 0 Å². The van der Waals surface area contributed by atoms with Crippen LogP contribution in [0.5, 0.6) is 0 Å². The summed E-state index contributed by atoms with van der Waals surface area (Å²) >= 11 is 0. The lowest BCUT2D eigenvalue weighted by Crippen LogP contribution is -2.45. The fourth-order valence-electron chi connectivity index (χ4n) is 3.09. The van der Waals surface area contributed by atoms with Crippen molar-refractivity contribution in [2.75, 3.05) is 26.2 Å². The zero-order chi connectivity index (χ0) is 13.8. The summed E-state index contributed by atoms with van der Waals surface area (Å²) in [6.07, 6.45) is 1.06. The maximum atomic E-state index is 4.13. The first-order chi connectivity index (χ1) is 9.09. The normalized spacial score (nSPS) is 18.3. The molecule has 2 rings (SSSR count). The highest BCUT2D eigenvalue weighted by molar-refractivity contribution is 5.37. The molecule has 0 amide bonds. The molecule has 1 aliphatic heterocycles. The minimum absolute atomic E-state index is 0.487. The van der Waals surface area contributed by atoms with Crippen molar-refractivity contribution < 1.29 is 0 Å². The molecule has 0 saturated carbocycles. The second kappa shape index (κ2) is 6.36. The zero-order valence-electron chi connectivity index (χ0n) is 12.5. The Labute approximate surface area is 117 Å². The number of nitrogens with one attached hydrogen (secondary N) is 1. The van der Waals surface area contributed by atoms with Gasteiger partial charge >= 0.3 is 0 Å². The van der Waals surface area contributed by atoms with E-state index in [1.54, 1.807) is 0 Å². The molecule has 1 aliphatic rings. The van der Waals surface area contributed by atoms with Gasteiger partial charge in [0.05, 0.1) is 0 Å². The fourth-order valence-corrected chi connectivity index (χ4v) is 3.09. The summed E-state index contributed by atoms with van der Waals surface area (Å²) in [5, 5.41) is 3.44. The Hall–Kier alpha value is -1.12. The smallest absolute Gasteiger partial charge is 0.0391 e. The van der Waals surface area contributed by atoms with Gasteiger partial charge in [0, 0.05) is 32.2 Å². The molecule has 104 valence electrons. The Kier molecular flexibility index (Phi) is 4.78. The van der Waals surface area contributed by atoms with E-state index in [4.69, 9.17) is 0 Å². The van der Waals surface area contributed by atoms with E-state index in [1.165, 1.54) is 22.3 Å². The van der Waals surface area contributed by atoms with Crippen LogP contribution >= 0.6 is 0 Å². The maximum Gasteiger partial charge on any atom is 0.0391 e. The third kappa shape index (κ3) is 3.46. The zero-order valence-corrected chi connectivity index (χ0v) is 12.5.